The highest BCUT2D eigenvalue weighted by Gasteiger charge is 2.41. The Balaban J connectivity index is 1.78. The molecule has 0 aliphatic carbocycles. The molecule has 0 saturated carbocycles. The number of halogens is 1. The predicted octanol–water partition coefficient (Wildman–Crippen LogP) is 4.00. The Morgan fingerprint density at radius 1 is 1.08 bits per heavy atom. The van der Waals surface area contributed by atoms with E-state index in [1.165, 1.54) is 0 Å². The van der Waals surface area contributed by atoms with Crippen LogP contribution in [0.4, 0.5) is 11.4 Å². The average Bonchev–Trinajstić information content (AvgIpc) is 3.00. The van der Waals surface area contributed by atoms with Gasteiger partial charge in [-0.25, -0.2) is 0 Å². The number of nitrogens with one attached hydrogen (secondary N) is 1. The van der Waals surface area contributed by atoms with Gasteiger partial charge in [0.05, 0.1) is 0 Å². The van der Waals surface area contributed by atoms with E-state index in [0.717, 1.165) is 22.1 Å². The molecule has 0 unspecified atom stereocenters. The molecule has 0 spiro atoms. The number of hydrogen-bond donors (Lipinski definition) is 1. The molecule has 0 atom stereocenters. The third kappa shape index (κ3) is 3.08. The van der Waals surface area contributed by atoms with Crippen LogP contribution < -0.4 is 10.2 Å². The Labute approximate surface area is 150 Å². The third-order valence-electron chi connectivity index (χ3n) is 4.34. The number of amides is 2. The lowest BCUT2D eigenvalue weighted by atomic mass is 9.90. The zero-order chi connectivity index (χ0) is 17.3. The Hall–Kier alpha value is -2.14. The average molecular weight is 387 g/mol. The van der Waals surface area contributed by atoms with Crippen LogP contribution in [0.3, 0.4) is 0 Å². The van der Waals surface area contributed by atoms with E-state index >= 15 is 0 Å². The van der Waals surface area contributed by atoms with Gasteiger partial charge in [0.2, 0.25) is 11.8 Å². The normalized spacial score (nSPS) is 13.5. The minimum Gasteiger partial charge on any atom is -0.325 e. The zero-order valence-electron chi connectivity index (χ0n) is 13.7. The van der Waals surface area contributed by atoms with Gasteiger partial charge in [0, 0.05) is 22.4 Å². The fraction of sp³-hybridized carbons (Fsp3) is 0.263. The number of rotatable bonds is 3. The van der Waals surface area contributed by atoms with Crippen molar-refractivity contribution in [3.05, 3.63) is 58.6 Å². The molecule has 4 nitrogen and oxygen atoms in total. The molecule has 1 aliphatic rings. The molecule has 0 bridgehead atoms. The van der Waals surface area contributed by atoms with Crippen molar-refractivity contribution in [3.63, 3.8) is 0 Å². The van der Waals surface area contributed by atoms with Crippen LogP contribution in [0.5, 0.6) is 0 Å². The van der Waals surface area contributed by atoms with Crippen molar-refractivity contribution in [1.29, 1.82) is 0 Å². The van der Waals surface area contributed by atoms with Crippen LogP contribution in [0.25, 0.3) is 0 Å². The van der Waals surface area contributed by atoms with E-state index in [0.29, 0.717) is 12.2 Å². The highest BCUT2D eigenvalue weighted by atomic mass is 79.9. The van der Waals surface area contributed by atoms with Crippen LogP contribution >= 0.6 is 15.9 Å². The SMILES string of the molecule is CC(C)(C(=O)Nc1ccc(Br)cc1)C(=O)N1CCc2ccccc21. The smallest absolute Gasteiger partial charge is 0.242 e. The maximum atomic E-state index is 13.0. The molecule has 2 aromatic carbocycles. The molecule has 1 aliphatic heterocycles. The number of nitrogens with zero attached hydrogens (tertiary/aromatic N) is 1. The van der Waals surface area contributed by atoms with Crippen molar-refractivity contribution in [2.24, 2.45) is 5.41 Å². The summed E-state index contributed by atoms with van der Waals surface area (Å²) >= 11 is 3.36. The van der Waals surface area contributed by atoms with Gasteiger partial charge in [0.1, 0.15) is 5.41 Å². The number of carbonyl (C=O) groups is 2. The van der Waals surface area contributed by atoms with Gasteiger partial charge in [-0.2, -0.15) is 0 Å². The zero-order valence-corrected chi connectivity index (χ0v) is 15.3. The van der Waals surface area contributed by atoms with Crippen molar-refractivity contribution >= 4 is 39.1 Å². The molecule has 1 N–H and O–H groups in total. The summed E-state index contributed by atoms with van der Waals surface area (Å²) in [6, 6.07) is 15.1. The summed E-state index contributed by atoms with van der Waals surface area (Å²) < 4.78 is 0.935. The van der Waals surface area contributed by atoms with Crippen LogP contribution in [-0.2, 0) is 16.0 Å². The van der Waals surface area contributed by atoms with Crippen molar-refractivity contribution in [2.45, 2.75) is 20.3 Å². The van der Waals surface area contributed by atoms with E-state index in [1.54, 1.807) is 30.9 Å². The van der Waals surface area contributed by atoms with E-state index in [4.69, 9.17) is 0 Å². The van der Waals surface area contributed by atoms with Crippen molar-refractivity contribution in [1.82, 2.24) is 0 Å². The van der Waals surface area contributed by atoms with E-state index in [-0.39, 0.29) is 11.8 Å². The second kappa shape index (κ2) is 6.40. The molecule has 2 amide bonds. The first kappa shape index (κ1) is 16.7. The second-order valence-corrected chi connectivity index (χ2v) is 7.34. The summed E-state index contributed by atoms with van der Waals surface area (Å²) in [6.45, 7) is 3.96. The number of fused-ring (bicyclic) bond motifs is 1. The van der Waals surface area contributed by atoms with Gasteiger partial charge in [0.15, 0.2) is 0 Å². The standard InChI is InChI=1S/C19H19BrN2O2/c1-19(2,17(23)21-15-9-7-14(20)8-10-15)18(24)22-12-11-13-5-3-4-6-16(13)22/h3-10H,11-12H2,1-2H3,(H,21,23). The first-order chi connectivity index (χ1) is 11.4. The van der Waals surface area contributed by atoms with E-state index < -0.39 is 5.41 Å². The molecule has 124 valence electrons. The lowest BCUT2D eigenvalue weighted by Gasteiger charge is -2.28. The third-order valence-corrected chi connectivity index (χ3v) is 4.87. The van der Waals surface area contributed by atoms with Crippen LogP contribution in [0, 0.1) is 5.41 Å². The summed E-state index contributed by atoms with van der Waals surface area (Å²) in [6.07, 6.45) is 0.826. The predicted molar refractivity (Wildman–Crippen MR) is 99.1 cm³/mol. The summed E-state index contributed by atoms with van der Waals surface area (Å²) in [7, 11) is 0. The van der Waals surface area contributed by atoms with Gasteiger partial charge in [-0.05, 0) is 56.2 Å². The fourth-order valence-corrected chi connectivity index (χ4v) is 3.07. The van der Waals surface area contributed by atoms with E-state index in [2.05, 4.69) is 21.2 Å². The molecular formula is C19H19BrN2O2. The van der Waals surface area contributed by atoms with E-state index in [1.807, 2.05) is 36.4 Å². The van der Waals surface area contributed by atoms with Crippen LogP contribution in [0.1, 0.15) is 19.4 Å². The Bertz CT molecular complexity index is 784. The summed E-state index contributed by atoms with van der Waals surface area (Å²) in [5.74, 6) is -0.485. The van der Waals surface area contributed by atoms with Gasteiger partial charge in [-0.15, -0.1) is 0 Å². The second-order valence-electron chi connectivity index (χ2n) is 6.42. The van der Waals surface area contributed by atoms with Crippen LogP contribution in [0.15, 0.2) is 53.0 Å². The topological polar surface area (TPSA) is 49.4 Å². The van der Waals surface area contributed by atoms with Gasteiger partial charge >= 0.3 is 0 Å². The fourth-order valence-electron chi connectivity index (χ4n) is 2.80. The van der Waals surface area contributed by atoms with Gasteiger partial charge in [-0.3, -0.25) is 9.59 Å². The van der Waals surface area contributed by atoms with Crippen LogP contribution in [0.2, 0.25) is 0 Å². The highest BCUT2D eigenvalue weighted by Crippen LogP contribution is 2.32. The van der Waals surface area contributed by atoms with E-state index in [9.17, 15) is 9.59 Å². The molecular weight excluding hydrogens is 368 g/mol. The maximum absolute atomic E-state index is 13.0. The maximum Gasteiger partial charge on any atom is 0.242 e. The highest BCUT2D eigenvalue weighted by molar-refractivity contribution is 9.10. The Kier molecular flexibility index (Phi) is 4.45. The van der Waals surface area contributed by atoms with Crippen LogP contribution in [-0.4, -0.2) is 18.4 Å². The van der Waals surface area contributed by atoms with Gasteiger partial charge in [-0.1, -0.05) is 34.1 Å². The summed E-state index contributed by atoms with van der Waals surface area (Å²) in [5.41, 5.74) is 1.58. The lowest BCUT2D eigenvalue weighted by Crippen LogP contribution is -2.47. The van der Waals surface area contributed by atoms with Crippen molar-refractivity contribution < 1.29 is 9.59 Å². The molecule has 1 heterocycles. The first-order valence-corrected chi connectivity index (χ1v) is 8.66. The molecule has 0 saturated heterocycles. The Morgan fingerprint density at radius 2 is 1.75 bits per heavy atom. The molecule has 24 heavy (non-hydrogen) atoms. The number of hydrogen-bond acceptors (Lipinski definition) is 2. The monoisotopic (exact) mass is 386 g/mol. The number of anilines is 2. The molecule has 0 radical (unpaired) electrons. The number of para-hydroxylation sites is 1. The van der Waals surface area contributed by atoms with Crippen molar-refractivity contribution in [2.75, 3.05) is 16.8 Å². The first-order valence-electron chi connectivity index (χ1n) is 7.86. The molecule has 5 heteroatoms. The van der Waals surface area contributed by atoms with Gasteiger partial charge in [0.25, 0.3) is 0 Å². The molecule has 2 aromatic rings. The number of carbonyl (C=O) groups excluding carboxylic acids is 2. The quantitative estimate of drug-likeness (QED) is 0.810. The lowest BCUT2D eigenvalue weighted by molar-refractivity contribution is -0.136. The minimum atomic E-state index is -1.15. The molecule has 0 aromatic heterocycles. The summed E-state index contributed by atoms with van der Waals surface area (Å²) in [4.78, 5) is 27.4. The van der Waals surface area contributed by atoms with Gasteiger partial charge < -0.3 is 10.2 Å². The molecule has 3 rings (SSSR count). The van der Waals surface area contributed by atoms with Crippen molar-refractivity contribution in [3.8, 4) is 0 Å². The molecule has 0 fully saturated rings. The minimum absolute atomic E-state index is 0.179. The summed E-state index contributed by atoms with van der Waals surface area (Å²) in [5, 5.41) is 2.83. The number of benzene rings is 2. The Morgan fingerprint density at radius 3 is 2.46 bits per heavy atom. The largest absolute Gasteiger partial charge is 0.325 e.